The molecule has 0 radical (unpaired) electrons. The van der Waals surface area contributed by atoms with Gasteiger partial charge in [0, 0.05) is 24.2 Å². The van der Waals surface area contributed by atoms with Crippen molar-refractivity contribution in [1.82, 2.24) is 9.80 Å². The van der Waals surface area contributed by atoms with Gasteiger partial charge in [-0.3, -0.25) is 9.69 Å². The predicted octanol–water partition coefficient (Wildman–Crippen LogP) is 3.12. The Morgan fingerprint density at radius 3 is 2.60 bits per heavy atom. The summed E-state index contributed by atoms with van der Waals surface area (Å²) in [6.07, 6.45) is 1.53. The van der Waals surface area contributed by atoms with E-state index in [1.54, 1.807) is 11.9 Å². The van der Waals surface area contributed by atoms with Crippen molar-refractivity contribution in [2.75, 3.05) is 13.6 Å². The van der Waals surface area contributed by atoms with E-state index < -0.39 is 0 Å². The number of carbonyl (C=O) groups excluding carboxylic acids is 1. The summed E-state index contributed by atoms with van der Waals surface area (Å²) in [5.41, 5.74) is 0.740. The zero-order valence-electron chi connectivity index (χ0n) is 10.9. The summed E-state index contributed by atoms with van der Waals surface area (Å²) in [6, 6.07) is 2.97. The minimum Gasteiger partial charge on any atom is -0.506 e. The molecule has 0 atom stereocenters. The highest BCUT2D eigenvalue weighted by Crippen LogP contribution is 2.33. The fraction of sp³-hybridized carbons (Fsp3) is 0.231. The molecule has 1 N–H and O–H groups in total. The molecule has 1 aliphatic rings. The molecule has 1 aromatic rings. The van der Waals surface area contributed by atoms with Crippen molar-refractivity contribution in [2.45, 2.75) is 6.92 Å². The van der Waals surface area contributed by atoms with E-state index >= 15 is 0 Å². The third-order valence-electron chi connectivity index (χ3n) is 3.01. The molecule has 1 aliphatic heterocycles. The van der Waals surface area contributed by atoms with Gasteiger partial charge in [-0.2, -0.15) is 0 Å². The van der Waals surface area contributed by atoms with E-state index in [1.807, 2.05) is 6.92 Å². The van der Waals surface area contributed by atoms with Crippen LogP contribution in [0.15, 0.2) is 17.8 Å². The first-order valence-corrected chi connectivity index (χ1v) is 7.02. The number of aromatic hydroxyl groups is 1. The molecule has 2 rings (SSSR count). The van der Waals surface area contributed by atoms with E-state index in [-0.39, 0.29) is 16.7 Å². The average Bonchev–Trinajstić information content (AvgIpc) is 2.59. The second-order valence-electron chi connectivity index (χ2n) is 4.25. The zero-order valence-corrected chi connectivity index (χ0v) is 13.2. The molecule has 1 amide bonds. The van der Waals surface area contributed by atoms with Gasteiger partial charge in [0.25, 0.3) is 5.91 Å². The van der Waals surface area contributed by atoms with E-state index in [0.29, 0.717) is 27.9 Å². The van der Waals surface area contributed by atoms with E-state index in [2.05, 4.69) is 0 Å². The fourth-order valence-electron chi connectivity index (χ4n) is 1.93. The molecule has 0 bridgehead atoms. The maximum Gasteiger partial charge on any atom is 0.276 e. The van der Waals surface area contributed by atoms with E-state index in [9.17, 15) is 9.90 Å². The highest BCUT2D eigenvalue weighted by Gasteiger charge is 2.34. The monoisotopic (exact) mass is 330 g/mol. The maximum atomic E-state index is 12.2. The van der Waals surface area contributed by atoms with E-state index in [1.165, 1.54) is 23.1 Å². The molecule has 1 saturated heterocycles. The SMILES string of the molecule is CCN1C(=O)/C(=C/c2cc(Cl)cc(Cl)c2O)N(C)C1=S. The van der Waals surface area contributed by atoms with Crippen LogP contribution in [0.1, 0.15) is 12.5 Å². The average molecular weight is 331 g/mol. The second kappa shape index (κ2) is 5.60. The topological polar surface area (TPSA) is 43.8 Å². The molecule has 0 saturated carbocycles. The van der Waals surface area contributed by atoms with Crippen LogP contribution in [-0.2, 0) is 4.79 Å². The normalized spacial score (nSPS) is 17.5. The number of rotatable bonds is 2. The first-order valence-electron chi connectivity index (χ1n) is 5.86. The fourth-order valence-corrected chi connectivity index (χ4v) is 2.75. The van der Waals surface area contributed by atoms with Crippen molar-refractivity contribution in [2.24, 2.45) is 0 Å². The molecule has 1 fully saturated rings. The number of carbonyl (C=O) groups is 1. The summed E-state index contributed by atoms with van der Waals surface area (Å²) in [5, 5.41) is 10.9. The van der Waals surface area contributed by atoms with Crippen LogP contribution in [-0.4, -0.2) is 39.5 Å². The van der Waals surface area contributed by atoms with Gasteiger partial charge in [0.1, 0.15) is 11.4 Å². The number of likely N-dealkylation sites (N-methyl/N-ethyl adjacent to an activating group) is 2. The first-order chi connectivity index (χ1) is 9.36. The van der Waals surface area contributed by atoms with Crippen molar-refractivity contribution < 1.29 is 9.90 Å². The summed E-state index contributed by atoms with van der Waals surface area (Å²) in [5.74, 6) is -0.332. The third kappa shape index (κ3) is 2.49. The minimum absolute atomic E-state index is 0.120. The van der Waals surface area contributed by atoms with Crippen LogP contribution in [0.4, 0.5) is 0 Å². The number of nitrogens with zero attached hydrogens (tertiary/aromatic N) is 2. The van der Waals surface area contributed by atoms with Crippen LogP contribution < -0.4 is 0 Å². The van der Waals surface area contributed by atoms with Gasteiger partial charge in [-0.1, -0.05) is 23.2 Å². The maximum absolute atomic E-state index is 12.2. The van der Waals surface area contributed by atoms with Gasteiger partial charge in [-0.25, -0.2) is 0 Å². The molecule has 1 aromatic carbocycles. The Morgan fingerprint density at radius 2 is 2.05 bits per heavy atom. The summed E-state index contributed by atoms with van der Waals surface area (Å²) >= 11 is 17.0. The van der Waals surface area contributed by atoms with Gasteiger partial charge >= 0.3 is 0 Å². The van der Waals surface area contributed by atoms with Gasteiger partial charge in [0.2, 0.25) is 0 Å². The number of benzene rings is 1. The summed E-state index contributed by atoms with van der Waals surface area (Å²) < 4.78 is 0. The molecule has 0 aliphatic carbocycles. The predicted molar refractivity (Wildman–Crippen MR) is 83.9 cm³/mol. The van der Waals surface area contributed by atoms with Crippen LogP contribution in [0, 0.1) is 0 Å². The lowest BCUT2D eigenvalue weighted by atomic mass is 10.1. The molecule has 7 heteroatoms. The lowest BCUT2D eigenvalue weighted by molar-refractivity contribution is -0.122. The number of phenols is 1. The van der Waals surface area contributed by atoms with Crippen LogP contribution in [0.2, 0.25) is 10.0 Å². The number of hydrogen-bond donors (Lipinski definition) is 1. The van der Waals surface area contributed by atoms with Gasteiger partial charge < -0.3 is 10.0 Å². The van der Waals surface area contributed by atoms with Crippen LogP contribution in [0.25, 0.3) is 6.08 Å². The number of thiocarbonyl (C=S) groups is 1. The smallest absolute Gasteiger partial charge is 0.276 e. The van der Waals surface area contributed by atoms with Crippen molar-refractivity contribution in [3.8, 4) is 5.75 Å². The number of halogens is 2. The van der Waals surface area contributed by atoms with Crippen LogP contribution in [0.5, 0.6) is 5.75 Å². The summed E-state index contributed by atoms with van der Waals surface area (Å²) in [7, 11) is 1.70. The molecule has 0 aromatic heterocycles. The minimum atomic E-state index is -0.213. The Morgan fingerprint density at radius 1 is 1.40 bits per heavy atom. The standard InChI is InChI=1S/C13H12Cl2N2O2S/c1-3-17-12(19)10(16(2)13(17)20)5-7-4-8(14)6-9(15)11(7)18/h4-6,18H,3H2,1-2H3/b10-5-. The number of phenolic OH excluding ortho intramolecular Hbond substituents is 1. The van der Waals surface area contributed by atoms with Gasteiger partial charge in [-0.15, -0.1) is 0 Å². The molecular weight excluding hydrogens is 319 g/mol. The molecule has 20 heavy (non-hydrogen) atoms. The molecule has 4 nitrogen and oxygen atoms in total. The zero-order chi connectivity index (χ0) is 15.0. The van der Waals surface area contributed by atoms with Gasteiger partial charge in [0.15, 0.2) is 5.11 Å². The molecule has 1 heterocycles. The highest BCUT2D eigenvalue weighted by atomic mass is 35.5. The molecule has 0 unspecified atom stereocenters. The highest BCUT2D eigenvalue weighted by molar-refractivity contribution is 7.80. The Hall–Kier alpha value is -1.30. The van der Waals surface area contributed by atoms with E-state index in [4.69, 9.17) is 35.4 Å². The van der Waals surface area contributed by atoms with Crippen molar-refractivity contribution in [1.29, 1.82) is 0 Å². The van der Waals surface area contributed by atoms with Crippen LogP contribution >= 0.6 is 35.4 Å². The summed E-state index contributed by atoms with van der Waals surface area (Å²) in [4.78, 5) is 15.3. The van der Waals surface area contributed by atoms with Gasteiger partial charge in [-0.05, 0) is 37.4 Å². The third-order valence-corrected chi connectivity index (χ3v) is 4.01. The largest absolute Gasteiger partial charge is 0.506 e. The van der Waals surface area contributed by atoms with E-state index in [0.717, 1.165) is 0 Å². The first kappa shape index (κ1) is 15.1. The van der Waals surface area contributed by atoms with Crippen molar-refractivity contribution in [3.63, 3.8) is 0 Å². The van der Waals surface area contributed by atoms with Gasteiger partial charge in [0.05, 0.1) is 5.02 Å². The Bertz CT molecular complexity index is 631. The Balaban J connectivity index is 2.51. The lowest BCUT2D eigenvalue weighted by Crippen LogP contribution is -2.30. The Kier molecular flexibility index (Phi) is 4.22. The second-order valence-corrected chi connectivity index (χ2v) is 5.45. The Labute approximate surface area is 132 Å². The molecular formula is C13H12Cl2N2O2S. The summed E-state index contributed by atoms with van der Waals surface area (Å²) in [6.45, 7) is 2.33. The number of hydrogen-bond acceptors (Lipinski definition) is 3. The quantitative estimate of drug-likeness (QED) is 0.668. The lowest BCUT2D eigenvalue weighted by Gasteiger charge is -2.13. The van der Waals surface area contributed by atoms with Crippen molar-refractivity contribution in [3.05, 3.63) is 33.4 Å². The number of amides is 1. The van der Waals surface area contributed by atoms with Crippen molar-refractivity contribution >= 4 is 52.5 Å². The van der Waals surface area contributed by atoms with Crippen LogP contribution in [0.3, 0.4) is 0 Å². The molecule has 0 spiro atoms. The molecule has 106 valence electrons.